The highest BCUT2D eigenvalue weighted by molar-refractivity contribution is 6.18. The van der Waals surface area contributed by atoms with E-state index in [2.05, 4.69) is 45.2 Å². The second-order valence-electron chi connectivity index (χ2n) is 14.0. The normalized spacial score (nSPS) is 40.6. The van der Waals surface area contributed by atoms with Gasteiger partial charge in [0.2, 0.25) is 0 Å². The Morgan fingerprint density at radius 3 is 2.42 bits per heavy atom. The standard InChI is InChI=1S/C30H52ClN3O2/c1-20(2)7-6-8-21(3)25-11-12-26-24-10-9-22-19-23(32-28(35)34(33-36)18-17-31)13-15-29(22,4)27(24)14-16-30(25,26)5/h20-27H,6-19H2,1-5H3,(H,32,35). The Bertz CT molecular complexity index is 777. The first-order chi connectivity index (χ1) is 17.1. The van der Waals surface area contributed by atoms with E-state index < -0.39 is 0 Å². The second-order valence-corrected chi connectivity index (χ2v) is 14.4. The third-order valence-electron chi connectivity index (χ3n) is 11.8. The highest BCUT2D eigenvalue weighted by atomic mass is 35.5. The van der Waals surface area contributed by atoms with Crippen LogP contribution in [-0.2, 0) is 0 Å². The summed E-state index contributed by atoms with van der Waals surface area (Å²) in [5.41, 5.74) is 0.936. The van der Waals surface area contributed by atoms with Crippen LogP contribution in [-0.4, -0.2) is 29.5 Å². The van der Waals surface area contributed by atoms with Crippen LogP contribution in [0.4, 0.5) is 4.79 Å². The number of hydrogen-bond donors (Lipinski definition) is 1. The van der Waals surface area contributed by atoms with Gasteiger partial charge in [0.05, 0.1) is 11.8 Å². The number of urea groups is 1. The maximum atomic E-state index is 12.5. The van der Waals surface area contributed by atoms with Crippen molar-refractivity contribution in [3.8, 4) is 0 Å². The van der Waals surface area contributed by atoms with E-state index in [-0.39, 0.29) is 24.5 Å². The van der Waals surface area contributed by atoms with Gasteiger partial charge in [0.15, 0.2) is 0 Å². The number of carbonyl (C=O) groups is 1. The molecule has 0 radical (unpaired) electrons. The lowest BCUT2D eigenvalue weighted by Gasteiger charge is -2.61. The molecule has 206 valence electrons. The van der Waals surface area contributed by atoms with Gasteiger partial charge in [-0.2, -0.15) is 5.01 Å². The second kappa shape index (κ2) is 11.5. The van der Waals surface area contributed by atoms with E-state index in [1.165, 1.54) is 64.2 Å². The Labute approximate surface area is 225 Å². The van der Waals surface area contributed by atoms with Crippen molar-refractivity contribution in [2.24, 2.45) is 57.5 Å². The lowest BCUT2D eigenvalue weighted by atomic mass is 9.44. The van der Waals surface area contributed by atoms with Crippen molar-refractivity contribution in [3.63, 3.8) is 0 Å². The van der Waals surface area contributed by atoms with Gasteiger partial charge in [-0.15, -0.1) is 16.5 Å². The Hall–Kier alpha value is -0.840. The van der Waals surface area contributed by atoms with Crippen LogP contribution in [0.5, 0.6) is 0 Å². The monoisotopic (exact) mass is 521 g/mol. The van der Waals surface area contributed by atoms with E-state index >= 15 is 0 Å². The molecule has 9 unspecified atom stereocenters. The minimum Gasteiger partial charge on any atom is -0.334 e. The van der Waals surface area contributed by atoms with E-state index in [0.29, 0.717) is 16.7 Å². The maximum absolute atomic E-state index is 12.5. The minimum absolute atomic E-state index is 0.142. The molecule has 4 rings (SSSR count). The highest BCUT2D eigenvalue weighted by Crippen LogP contribution is 2.68. The number of nitrogens with zero attached hydrogens (tertiary/aromatic N) is 2. The summed E-state index contributed by atoms with van der Waals surface area (Å²) in [6.07, 6.45) is 15.8. The fraction of sp³-hybridized carbons (Fsp3) is 0.967. The van der Waals surface area contributed by atoms with Crippen LogP contribution in [0, 0.1) is 57.2 Å². The van der Waals surface area contributed by atoms with Crippen molar-refractivity contribution >= 4 is 17.6 Å². The fourth-order valence-corrected chi connectivity index (χ4v) is 10.1. The van der Waals surface area contributed by atoms with Crippen LogP contribution in [0.3, 0.4) is 0 Å². The van der Waals surface area contributed by atoms with Crippen LogP contribution in [0.2, 0.25) is 0 Å². The van der Waals surface area contributed by atoms with E-state index in [9.17, 15) is 9.70 Å². The number of hydrogen-bond acceptors (Lipinski definition) is 3. The Balaban J connectivity index is 1.38. The largest absolute Gasteiger partial charge is 0.340 e. The summed E-state index contributed by atoms with van der Waals surface area (Å²) in [7, 11) is 0. The lowest BCUT2D eigenvalue weighted by molar-refractivity contribution is -0.117. The Kier molecular flexibility index (Phi) is 9.00. The summed E-state index contributed by atoms with van der Waals surface area (Å²) in [5, 5.41) is 6.89. The smallest absolute Gasteiger partial charge is 0.334 e. The van der Waals surface area contributed by atoms with Crippen molar-refractivity contribution in [1.29, 1.82) is 0 Å². The van der Waals surface area contributed by atoms with Crippen LogP contribution in [0.25, 0.3) is 0 Å². The van der Waals surface area contributed by atoms with Gasteiger partial charge in [-0.25, -0.2) is 4.79 Å². The number of nitrogens with one attached hydrogen (secondary N) is 1. The first-order valence-corrected chi connectivity index (χ1v) is 15.6. The Morgan fingerprint density at radius 2 is 1.72 bits per heavy atom. The van der Waals surface area contributed by atoms with Gasteiger partial charge in [0, 0.05) is 11.9 Å². The van der Waals surface area contributed by atoms with Crippen LogP contribution in [0.1, 0.15) is 112 Å². The predicted molar refractivity (Wildman–Crippen MR) is 149 cm³/mol. The topological polar surface area (TPSA) is 61.8 Å². The summed E-state index contributed by atoms with van der Waals surface area (Å²) in [5.74, 6) is 6.12. The number of amides is 2. The zero-order chi connectivity index (χ0) is 26.1. The lowest BCUT2D eigenvalue weighted by Crippen LogP contribution is -2.56. The van der Waals surface area contributed by atoms with Crippen LogP contribution < -0.4 is 5.32 Å². The quantitative estimate of drug-likeness (QED) is 0.188. The zero-order valence-electron chi connectivity index (χ0n) is 23.6. The third kappa shape index (κ3) is 5.34. The zero-order valence-corrected chi connectivity index (χ0v) is 24.4. The first kappa shape index (κ1) is 28.2. The highest BCUT2D eigenvalue weighted by Gasteiger charge is 2.60. The summed E-state index contributed by atoms with van der Waals surface area (Å²) < 4.78 is 0. The third-order valence-corrected chi connectivity index (χ3v) is 12.0. The number of alkyl halides is 1. The predicted octanol–water partition coefficient (Wildman–Crippen LogP) is 8.41. The van der Waals surface area contributed by atoms with Gasteiger partial charge in [-0.1, -0.05) is 53.9 Å². The maximum Gasteiger partial charge on any atom is 0.340 e. The van der Waals surface area contributed by atoms with Gasteiger partial charge in [-0.3, -0.25) is 0 Å². The summed E-state index contributed by atoms with van der Waals surface area (Å²) in [6.45, 7) is 12.7. The average Bonchev–Trinajstić information content (AvgIpc) is 3.19. The summed E-state index contributed by atoms with van der Waals surface area (Å²) in [6, 6.07) is -0.246. The molecule has 0 aromatic heterocycles. The van der Waals surface area contributed by atoms with Crippen molar-refractivity contribution in [3.05, 3.63) is 4.91 Å². The molecular weight excluding hydrogens is 470 g/mol. The molecule has 6 heteroatoms. The fourth-order valence-electron chi connectivity index (χ4n) is 9.92. The number of rotatable bonds is 9. The number of carbonyl (C=O) groups excluding carboxylic acids is 1. The molecule has 0 aromatic carbocycles. The molecule has 0 bridgehead atoms. The molecule has 2 amide bonds. The van der Waals surface area contributed by atoms with Gasteiger partial charge >= 0.3 is 6.03 Å². The molecular formula is C30H52ClN3O2. The van der Waals surface area contributed by atoms with E-state index in [1.54, 1.807) is 0 Å². The number of halogens is 1. The first-order valence-electron chi connectivity index (χ1n) is 15.1. The van der Waals surface area contributed by atoms with Gasteiger partial charge in [0.1, 0.15) is 0 Å². The molecule has 4 fully saturated rings. The molecule has 9 atom stereocenters. The molecule has 0 aromatic rings. The molecule has 0 saturated heterocycles. The Morgan fingerprint density at radius 1 is 1.00 bits per heavy atom. The molecule has 4 saturated carbocycles. The van der Waals surface area contributed by atoms with Gasteiger partial charge < -0.3 is 5.32 Å². The van der Waals surface area contributed by atoms with Crippen molar-refractivity contribution in [1.82, 2.24) is 10.3 Å². The van der Waals surface area contributed by atoms with E-state index in [1.807, 2.05) is 0 Å². The molecule has 0 heterocycles. The van der Waals surface area contributed by atoms with Crippen molar-refractivity contribution in [2.75, 3.05) is 12.4 Å². The molecule has 1 N–H and O–H groups in total. The van der Waals surface area contributed by atoms with Gasteiger partial charge in [0.25, 0.3) is 0 Å². The summed E-state index contributed by atoms with van der Waals surface area (Å²) >= 11 is 5.72. The summed E-state index contributed by atoms with van der Waals surface area (Å²) in [4.78, 5) is 23.5. The van der Waals surface area contributed by atoms with E-state index in [4.69, 9.17) is 11.6 Å². The van der Waals surface area contributed by atoms with Crippen molar-refractivity contribution < 1.29 is 4.79 Å². The van der Waals surface area contributed by atoms with Crippen LogP contribution >= 0.6 is 11.6 Å². The minimum atomic E-state index is -0.388. The molecule has 5 nitrogen and oxygen atoms in total. The molecule has 0 spiro atoms. The van der Waals surface area contributed by atoms with E-state index in [0.717, 1.165) is 53.4 Å². The molecule has 4 aliphatic rings. The molecule has 36 heavy (non-hydrogen) atoms. The molecule has 0 aliphatic heterocycles. The van der Waals surface area contributed by atoms with Crippen molar-refractivity contribution in [2.45, 2.75) is 118 Å². The van der Waals surface area contributed by atoms with Crippen LogP contribution in [0.15, 0.2) is 5.29 Å². The number of nitroso groups, excluding NO2 is 1. The van der Waals surface area contributed by atoms with Gasteiger partial charge in [-0.05, 0) is 110 Å². The number of fused-ring (bicyclic) bond motifs is 5. The SMILES string of the molecule is CC(C)CCCC(C)C1CCC2C3CCC4CC(NC(=O)N(CCCl)N=O)CCC4(C)C3CCC12C. The average molecular weight is 522 g/mol. The molecule has 4 aliphatic carbocycles.